The zero-order valence-corrected chi connectivity index (χ0v) is 16.1. The highest BCUT2D eigenvalue weighted by atomic mass is 19.1. The third-order valence-electron chi connectivity index (χ3n) is 4.67. The first-order valence-electron chi connectivity index (χ1n) is 9.29. The Bertz CT molecular complexity index is 1170. The van der Waals surface area contributed by atoms with Gasteiger partial charge in [0.1, 0.15) is 23.1 Å². The van der Waals surface area contributed by atoms with Gasteiger partial charge in [0, 0.05) is 25.0 Å². The minimum Gasteiger partial charge on any atom is -0.310 e. The van der Waals surface area contributed by atoms with Crippen molar-refractivity contribution in [2.45, 2.75) is 6.42 Å². The van der Waals surface area contributed by atoms with Gasteiger partial charge in [-0.15, -0.1) is 0 Å². The van der Waals surface area contributed by atoms with Crippen molar-refractivity contribution in [3.05, 3.63) is 90.3 Å². The fourth-order valence-electron chi connectivity index (χ4n) is 3.23. The van der Waals surface area contributed by atoms with Crippen molar-refractivity contribution >= 4 is 11.7 Å². The summed E-state index contributed by atoms with van der Waals surface area (Å²) in [5.41, 5.74) is 3.55. The Kier molecular flexibility index (Phi) is 5.34. The molecule has 0 aliphatic rings. The molecule has 30 heavy (non-hydrogen) atoms. The van der Waals surface area contributed by atoms with Crippen LogP contribution >= 0.6 is 0 Å². The van der Waals surface area contributed by atoms with Crippen molar-refractivity contribution in [2.24, 2.45) is 7.05 Å². The van der Waals surface area contributed by atoms with E-state index in [1.54, 1.807) is 48.4 Å². The maximum absolute atomic E-state index is 13.4. The number of halogens is 2. The van der Waals surface area contributed by atoms with Crippen molar-refractivity contribution in [2.75, 3.05) is 5.32 Å². The second-order valence-electron chi connectivity index (χ2n) is 6.79. The Balaban J connectivity index is 1.72. The third-order valence-corrected chi connectivity index (χ3v) is 4.67. The number of carbonyl (C=O) groups is 1. The molecule has 4 aromatic rings. The average Bonchev–Trinajstić information content (AvgIpc) is 3.07. The molecule has 0 atom stereocenters. The highest BCUT2D eigenvalue weighted by Crippen LogP contribution is 2.37. The Hall–Kier alpha value is -3.87. The van der Waals surface area contributed by atoms with Crippen LogP contribution in [0.2, 0.25) is 0 Å². The van der Waals surface area contributed by atoms with E-state index in [0.29, 0.717) is 22.6 Å². The Morgan fingerprint density at radius 2 is 1.50 bits per heavy atom. The first-order chi connectivity index (χ1) is 14.5. The number of anilines is 1. The van der Waals surface area contributed by atoms with Crippen LogP contribution in [0.1, 0.15) is 5.56 Å². The van der Waals surface area contributed by atoms with Crippen molar-refractivity contribution in [1.29, 1.82) is 0 Å². The lowest BCUT2D eigenvalue weighted by atomic mass is 10.0. The topological polar surface area (TPSA) is 59.8 Å². The van der Waals surface area contributed by atoms with Crippen LogP contribution in [0.15, 0.2) is 73.1 Å². The molecule has 4 rings (SSSR count). The number of aromatic nitrogens is 3. The average molecular weight is 404 g/mol. The van der Waals surface area contributed by atoms with Gasteiger partial charge in [0.25, 0.3) is 0 Å². The van der Waals surface area contributed by atoms with E-state index in [1.165, 1.54) is 24.3 Å². The number of aryl methyl sites for hydroxylation is 1. The van der Waals surface area contributed by atoms with Gasteiger partial charge in [-0.05, 0) is 59.7 Å². The molecule has 1 amide bonds. The number of benzene rings is 2. The largest absolute Gasteiger partial charge is 0.310 e. The van der Waals surface area contributed by atoms with Crippen molar-refractivity contribution < 1.29 is 13.6 Å². The molecule has 2 aromatic heterocycles. The summed E-state index contributed by atoms with van der Waals surface area (Å²) in [7, 11) is 1.73. The van der Waals surface area contributed by atoms with Crippen LogP contribution < -0.4 is 5.32 Å². The third kappa shape index (κ3) is 4.10. The van der Waals surface area contributed by atoms with E-state index in [2.05, 4.69) is 15.4 Å². The lowest BCUT2D eigenvalue weighted by Crippen LogP contribution is -2.17. The second kappa shape index (κ2) is 8.24. The molecule has 0 unspecified atom stereocenters. The quantitative estimate of drug-likeness (QED) is 0.529. The van der Waals surface area contributed by atoms with Gasteiger partial charge in [0.15, 0.2) is 0 Å². The summed E-state index contributed by atoms with van der Waals surface area (Å²) in [6.07, 6.45) is 3.40. The lowest BCUT2D eigenvalue weighted by Gasteiger charge is -2.10. The number of hydrogen-bond acceptors (Lipinski definition) is 3. The Morgan fingerprint density at radius 3 is 2.13 bits per heavy atom. The number of nitrogens with one attached hydrogen (secondary N) is 1. The van der Waals surface area contributed by atoms with E-state index in [4.69, 9.17) is 0 Å². The molecule has 0 spiro atoms. The normalized spacial score (nSPS) is 10.8. The molecule has 0 radical (unpaired) electrons. The second-order valence-corrected chi connectivity index (χ2v) is 6.79. The van der Waals surface area contributed by atoms with Crippen LogP contribution in [-0.4, -0.2) is 20.7 Å². The molecule has 2 aromatic carbocycles. The fourth-order valence-corrected chi connectivity index (χ4v) is 3.23. The summed E-state index contributed by atoms with van der Waals surface area (Å²) in [6.45, 7) is 0. The van der Waals surface area contributed by atoms with Crippen LogP contribution in [0.5, 0.6) is 0 Å². The van der Waals surface area contributed by atoms with Gasteiger partial charge >= 0.3 is 0 Å². The maximum atomic E-state index is 13.4. The molecule has 0 saturated heterocycles. The summed E-state index contributed by atoms with van der Waals surface area (Å²) in [5.74, 6) is -0.444. The fraction of sp³-hybridized carbons (Fsp3) is 0.0870. The highest BCUT2D eigenvalue weighted by Gasteiger charge is 2.21. The van der Waals surface area contributed by atoms with Crippen LogP contribution in [0.3, 0.4) is 0 Å². The van der Waals surface area contributed by atoms with Gasteiger partial charge in [-0.2, -0.15) is 5.10 Å². The molecule has 0 fully saturated rings. The molecule has 2 heterocycles. The minimum absolute atomic E-state index is 0.0904. The Morgan fingerprint density at radius 1 is 0.900 bits per heavy atom. The van der Waals surface area contributed by atoms with E-state index in [9.17, 15) is 13.6 Å². The van der Waals surface area contributed by atoms with Crippen LogP contribution in [0.4, 0.5) is 14.6 Å². The van der Waals surface area contributed by atoms with Gasteiger partial charge in [-0.1, -0.05) is 12.1 Å². The van der Waals surface area contributed by atoms with Crippen LogP contribution in [0.25, 0.3) is 22.4 Å². The van der Waals surface area contributed by atoms with Crippen molar-refractivity contribution in [3.63, 3.8) is 0 Å². The molecule has 0 bridgehead atoms. The molecular weight excluding hydrogens is 386 g/mol. The summed E-state index contributed by atoms with van der Waals surface area (Å²) >= 11 is 0. The van der Waals surface area contributed by atoms with Crippen molar-refractivity contribution in [1.82, 2.24) is 14.8 Å². The summed E-state index contributed by atoms with van der Waals surface area (Å²) < 4.78 is 28.1. The number of rotatable bonds is 5. The number of amides is 1. The van der Waals surface area contributed by atoms with E-state index >= 15 is 0 Å². The van der Waals surface area contributed by atoms with Crippen LogP contribution in [0, 0.1) is 11.6 Å². The maximum Gasteiger partial charge on any atom is 0.229 e. The van der Waals surface area contributed by atoms with E-state index in [0.717, 1.165) is 11.1 Å². The molecule has 7 heteroatoms. The molecule has 5 nitrogen and oxygen atoms in total. The molecule has 150 valence electrons. The number of hydrogen-bond donors (Lipinski definition) is 1. The van der Waals surface area contributed by atoms with Crippen LogP contribution in [-0.2, 0) is 18.3 Å². The predicted molar refractivity (Wildman–Crippen MR) is 111 cm³/mol. The molecule has 0 aliphatic heterocycles. The molecular formula is C23H18F2N4O. The molecule has 0 saturated carbocycles. The number of pyridine rings is 1. The SMILES string of the molecule is Cn1nc(-c2ccc(F)cc2)c(-c2ccncc2)c1NC(=O)Cc1ccc(F)cc1. The van der Waals surface area contributed by atoms with Gasteiger partial charge < -0.3 is 5.32 Å². The lowest BCUT2D eigenvalue weighted by molar-refractivity contribution is -0.115. The zero-order valence-electron chi connectivity index (χ0n) is 16.1. The van der Waals surface area contributed by atoms with E-state index in [1.807, 2.05) is 12.1 Å². The minimum atomic E-state index is -0.352. The van der Waals surface area contributed by atoms with E-state index in [-0.39, 0.29) is 24.0 Å². The molecule has 1 N–H and O–H groups in total. The van der Waals surface area contributed by atoms with Gasteiger partial charge in [-0.25, -0.2) is 8.78 Å². The van der Waals surface area contributed by atoms with Gasteiger partial charge in [0.05, 0.1) is 12.0 Å². The predicted octanol–water partition coefficient (Wildman–Crippen LogP) is 4.61. The van der Waals surface area contributed by atoms with E-state index < -0.39 is 0 Å². The highest BCUT2D eigenvalue weighted by molar-refractivity contribution is 5.99. The van der Waals surface area contributed by atoms with Gasteiger partial charge in [-0.3, -0.25) is 14.5 Å². The van der Waals surface area contributed by atoms with Crippen molar-refractivity contribution in [3.8, 4) is 22.4 Å². The first-order valence-corrected chi connectivity index (χ1v) is 9.29. The monoisotopic (exact) mass is 404 g/mol. The molecule has 0 aliphatic carbocycles. The standard InChI is InChI=1S/C23H18F2N4O/c1-29-23(27-20(30)14-15-2-6-18(24)7-3-15)21(16-10-12-26-13-11-16)22(28-29)17-4-8-19(25)9-5-17/h2-13H,14H2,1H3,(H,27,30). The summed E-state index contributed by atoms with van der Waals surface area (Å²) in [6, 6.07) is 15.5. The zero-order chi connectivity index (χ0) is 21.1. The smallest absolute Gasteiger partial charge is 0.229 e. The Labute approximate surface area is 172 Å². The number of carbonyl (C=O) groups excluding carboxylic acids is 1. The van der Waals surface area contributed by atoms with Gasteiger partial charge in [0.2, 0.25) is 5.91 Å². The summed E-state index contributed by atoms with van der Waals surface area (Å²) in [4.78, 5) is 16.7. The first kappa shape index (κ1) is 19.4. The number of nitrogens with zero attached hydrogens (tertiary/aromatic N) is 3. The summed E-state index contributed by atoms with van der Waals surface area (Å²) in [5, 5.41) is 7.48.